The number of hydrogen-bond acceptors (Lipinski definition) is 4. The average molecular weight is 313 g/mol. The van der Waals surface area contributed by atoms with Gasteiger partial charge in [0.2, 0.25) is 0 Å². The summed E-state index contributed by atoms with van der Waals surface area (Å²) in [4.78, 5) is 11.8. The van der Waals surface area contributed by atoms with Crippen molar-refractivity contribution in [1.29, 1.82) is 0 Å². The first-order chi connectivity index (χ1) is 11.1. The summed E-state index contributed by atoms with van der Waals surface area (Å²) in [5.74, 6) is 0.549. The highest BCUT2D eigenvalue weighted by molar-refractivity contribution is 5.95. The Morgan fingerprint density at radius 2 is 1.74 bits per heavy atom. The molecule has 0 aromatic heterocycles. The quantitative estimate of drug-likeness (QED) is 0.620. The van der Waals surface area contributed by atoms with E-state index in [0.717, 1.165) is 30.0 Å². The zero-order chi connectivity index (χ0) is 16.7. The predicted molar refractivity (Wildman–Crippen MR) is 92.3 cm³/mol. The van der Waals surface area contributed by atoms with Crippen LogP contribution in [-0.4, -0.2) is 26.2 Å². The van der Waals surface area contributed by atoms with Crippen molar-refractivity contribution in [3.8, 4) is 5.75 Å². The van der Waals surface area contributed by atoms with Gasteiger partial charge in [0, 0.05) is 12.2 Å². The van der Waals surface area contributed by atoms with Crippen molar-refractivity contribution in [3.05, 3.63) is 59.2 Å². The van der Waals surface area contributed by atoms with Crippen molar-refractivity contribution in [2.75, 3.05) is 25.6 Å². The van der Waals surface area contributed by atoms with Gasteiger partial charge in [0.1, 0.15) is 5.75 Å². The van der Waals surface area contributed by atoms with Gasteiger partial charge in [0.15, 0.2) is 0 Å². The Bertz CT molecular complexity index is 650. The molecule has 0 saturated carbocycles. The third-order valence-corrected chi connectivity index (χ3v) is 3.51. The Morgan fingerprint density at radius 1 is 1.04 bits per heavy atom. The largest absolute Gasteiger partial charge is 0.494 e. The first kappa shape index (κ1) is 16.9. The van der Waals surface area contributed by atoms with Crippen LogP contribution in [0.3, 0.4) is 0 Å². The Hall–Kier alpha value is -2.49. The minimum atomic E-state index is -0.327. The molecule has 23 heavy (non-hydrogen) atoms. The molecule has 122 valence electrons. The number of carbonyl (C=O) groups excluding carboxylic acids is 1. The zero-order valence-corrected chi connectivity index (χ0v) is 13.9. The van der Waals surface area contributed by atoms with Gasteiger partial charge in [-0.1, -0.05) is 29.3 Å². The number of ether oxygens (including phenoxy) is 2. The van der Waals surface area contributed by atoms with Gasteiger partial charge in [0.25, 0.3) is 0 Å². The second-order valence-corrected chi connectivity index (χ2v) is 5.48. The smallest absolute Gasteiger partial charge is 0.339 e. The summed E-state index contributed by atoms with van der Waals surface area (Å²) in [7, 11) is 1.39. The SMILES string of the molecule is COC(=O)c1cc(C)ccc1NCCCOc1ccc(C)cc1. The highest BCUT2D eigenvalue weighted by Gasteiger charge is 2.11. The molecule has 0 radical (unpaired) electrons. The lowest BCUT2D eigenvalue weighted by Gasteiger charge is -2.12. The van der Waals surface area contributed by atoms with Gasteiger partial charge >= 0.3 is 5.97 Å². The summed E-state index contributed by atoms with van der Waals surface area (Å²) in [5, 5.41) is 3.27. The third kappa shape index (κ3) is 5.02. The molecule has 0 aliphatic heterocycles. The molecule has 1 N–H and O–H groups in total. The molecule has 0 fully saturated rings. The molecule has 4 heteroatoms. The molecule has 0 unspecified atom stereocenters. The van der Waals surface area contributed by atoms with Crippen molar-refractivity contribution in [1.82, 2.24) is 0 Å². The highest BCUT2D eigenvalue weighted by atomic mass is 16.5. The minimum Gasteiger partial charge on any atom is -0.494 e. The van der Waals surface area contributed by atoms with E-state index in [0.29, 0.717) is 12.2 Å². The maximum absolute atomic E-state index is 11.8. The first-order valence-corrected chi connectivity index (χ1v) is 7.72. The summed E-state index contributed by atoms with van der Waals surface area (Å²) in [6.45, 7) is 5.34. The van der Waals surface area contributed by atoms with Crippen molar-refractivity contribution in [3.63, 3.8) is 0 Å². The van der Waals surface area contributed by atoms with Gasteiger partial charge in [-0.05, 0) is 44.5 Å². The second-order valence-electron chi connectivity index (χ2n) is 5.48. The standard InChI is InChI=1S/C19H23NO3/c1-14-5-8-16(9-6-14)23-12-4-11-20-18-10-7-15(2)13-17(18)19(21)22-3/h5-10,13,20H,4,11-12H2,1-3H3. The van der Waals surface area contributed by atoms with Gasteiger partial charge in [-0.3, -0.25) is 0 Å². The van der Waals surface area contributed by atoms with Crippen LogP contribution in [0.25, 0.3) is 0 Å². The number of hydrogen-bond donors (Lipinski definition) is 1. The molecule has 0 spiro atoms. The number of esters is 1. The van der Waals surface area contributed by atoms with Gasteiger partial charge in [-0.15, -0.1) is 0 Å². The Morgan fingerprint density at radius 3 is 2.43 bits per heavy atom. The van der Waals surface area contributed by atoms with E-state index < -0.39 is 0 Å². The fourth-order valence-corrected chi connectivity index (χ4v) is 2.21. The van der Waals surface area contributed by atoms with E-state index in [9.17, 15) is 4.79 Å². The van der Waals surface area contributed by atoms with Crippen LogP contribution in [0.15, 0.2) is 42.5 Å². The highest BCUT2D eigenvalue weighted by Crippen LogP contribution is 2.18. The van der Waals surface area contributed by atoms with Crippen molar-refractivity contribution in [2.24, 2.45) is 0 Å². The molecular formula is C19H23NO3. The Kier molecular flexibility index (Phi) is 6.03. The Balaban J connectivity index is 1.82. The van der Waals surface area contributed by atoms with Crippen molar-refractivity contribution < 1.29 is 14.3 Å². The lowest BCUT2D eigenvalue weighted by Crippen LogP contribution is -2.11. The number of aryl methyl sites for hydroxylation is 2. The van der Waals surface area contributed by atoms with E-state index in [1.807, 2.05) is 56.3 Å². The van der Waals surface area contributed by atoms with E-state index in [4.69, 9.17) is 9.47 Å². The monoisotopic (exact) mass is 313 g/mol. The summed E-state index contributed by atoms with van der Waals surface area (Å²) in [5.41, 5.74) is 3.59. The molecule has 0 heterocycles. The van der Waals surface area contributed by atoms with E-state index in [1.165, 1.54) is 12.7 Å². The predicted octanol–water partition coefficient (Wildman–Crippen LogP) is 3.97. The van der Waals surface area contributed by atoms with Crippen molar-refractivity contribution >= 4 is 11.7 Å². The molecule has 0 atom stereocenters. The van der Waals surface area contributed by atoms with Crippen LogP contribution in [-0.2, 0) is 4.74 Å². The number of methoxy groups -OCH3 is 1. The van der Waals surface area contributed by atoms with Crippen LogP contribution in [0.2, 0.25) is 0 Å². The fourth-order valence-electron chi connectivity index (χ4n) is 2.21. The lowest BCUT2D eigenvalue weighted by atomic mass is 10.1. The second kappa shape index (κ2) is 8.22. The lowest BCUT2D eigenvalue weighted by molar-refractivity contribution is 0.0601. The summed E-state index contributed by atoms with van der Waals surface area (Å²) in [6.07, 6.45) is 0.836. The molecule has 2 aromatic carbocycles. The molecule has 0 saturated heterocycles. The molecule has 4 nitrogen and oxygen atoms in total. The third-order valence-electron chi connectivity index (χ3n) is 3.51. The van der Waals surface area contributed by atoms with Crippen molar-refractivity contribution in [2.45, 2.75) is 20.3 Å². The molecule has 0 aliphatic rings. The molecule has 0 bridgehead atoms. The van der Waals surface area contributed by atoms with Crippen LogP contribution in [0, 0.1) is 13.8 Å². The topological polar surface area (TPSA) is 47.6 Å². The van der Waals surface area contributed by atoms with Gasteiger partial charge in [-0.25, -0.2) is 4.79 Å². The Labute approximate surface area is 137 Å². The van der Waals surface area contributed by atoms with Crippen LogP contribution in [0.4, 0.5) is 5.69 Å². The molecule has 0 aliphatic carbocycles. The normalized spacial score (nSPS) is 10.2. The molecule has 2 aromatic rings. The molecule has 0 amide bonds. The summed E-state index contributed by atoms with van der Waals surface area (Å²) < 4.78 is 10.5. The van der Waals surface area contributed by atoms with E-state index in [2.05, 4.69) is 5.32 Å². The summed E-state index contributed by atoms with van der Waals surface area (Å²) >= 11 is 0. The first-order valence-electron chi connectivity index (χ1n) is 7.72. The van der Waals surface area contributed by atoms with Gasteiger partial charge in [0.05, 0.1) is 19.3 Å². The summed E-state index contributed by atoms with van der Waals surface area (Å²) in [6, 6.07) is 13.7. The van der Waals surface area contributed by atoms with Crippen LogP contribution < -0.4 is 10.1 Å². The molecule has 2 rings (SSSR count). The van der Waals surface area contributed by atoms with Crippen LogP contribution >= 0.6 is 0 Å². The van der Waals surface area contributed by atoms with Gasteiger partial charge in [-0.2, -0.15) is 0 Å². The van der Waals surface area contributed by atoms with E-state index in [1.54, 1.807) is 0 Å². The number of carbonyl (C=O) groups is 1. The number of rotatable bonds is 7. The maximum Gasteiger partial charge on any atom is 0.339 e. The van der Waals surface area contributed by atoms with E-state index >= 15 is 0 Å². The number of benzene rings is 2. The van der Waals surface area contributed by atoms with Crippen LogP contribution in [0.5, 0.6) is 5.75 Å². The minimum absolute atomic E-state index is 0.327. The van der Waals surface area contributed by atoms with Gasteiger partial charge < -0.3 is 14.8 Å². The van der Waals surface area contributed by atoms with Crippen LogP contribution in [0.1, 0.15) is 27.9 Å². The number of nitrogens with one attached hydrogen (secondary N) is 1. The average Bonchev–Trinajstić information content (AvgIpc) is 2.56. The van der Waals surface area contributed by atoms with E-state index in [-0.39, 0.29) is 5.97 Å². The fraction of sp³-hybridized carbons (Fsp3) is 0.316. The molecular weight excluding hydrogens is 290 g/mol. The maximum atomic E-state index is 11.8. The number of anilines is 1. The zero-order valence-electron chi connectivity index (χ0n) is 13.9.